The number of aromatic nitrogens is 1. The summed E-state index contributed by atoms with van der Waals surface area (Å²) in [6.07, 6.45) is 5.89. The summed E-state index contributed by atoms with van der Waals surface area (Å²) in [7, 11) is 0. The van der Waals surface area contributed by atoms with Gasteiger partial charge in [0.25, 0.3) is 0 Å². The molecule has 0 fully saturated rings. The lowest BCUT2D eigenvalue weighted by Gasteiger charge is -2.30. The van der Waals surface area contributed by atoms with E-state index >= 15 is 0 Å². The van der Waals surface area contributed by atoms with Crippen LogP contribution in [0.2, 0.25) is 0 Å². The first-order valence-electron chi connectivity index (χ1n) is 7.44. The van der Waals surface area contributed by atoms with E-state index in [0.29, 0.717) is 6.04 Å². The Kier molecular flexibility index (Phi) is 2.81. The zero-order valence-electron chi connectivity index (χ0n) is 11.5. The fourth-order valence-electron chi connectivity index (χ4n) is 3.60. The van der Waals surface area contributed by atoms with Gasteiger partial charge in [-0.1, -0.05) is 18.2 Å². The smallest absolute Gasteiger partial charge is 0.124 e. The van der Waals surface area contributed by atoms with Gasteiger partial charge < -0.3 is 14.4 Å². The van der Waals surface area contributed by atoms with Crippen LogP contribution in [0.4, 0.5) is 0 Å². The number of aliphatic hydroxyl groups excluding tert-OH is 1. The van der Waals surface area contributed by atoms with Crippen molar-refractivity contribution in [3.63, 3.8) is 0 Å². The highest BCUT2D eigenvalue weighted by Gasteiger charge is 2.28. The maximum absolute atomic E-state index is 10.1. The van der Waals surface area contributed by atoms with E-state index in [9.17, 15) is 5.11 Å². The molecule has 2 aromatic rings. The second-order valence-electron chi connectivity index (χ2n) is 5.72. The summed E-state index contributed by atoms with van der Waals surface area (Å²) in [4.78, 5) is 0. The van der Waals surface area contributed by atoms with Gasteiger partial charge in [0, 0.05) is 29.4 Å². The van der Waals surface area contributed by atoms with E-state index in [1.165, 1.54) is 11.3 Å². The van der Waals surface area contributed by atoms with Crippen molar-refractivity contribution in [2.45, 2.75) is 37.8 Å². The molecule has 3 heteroatoms. The molecule has 2 unspecified atom stereocenters. The zero-order valence-corrected chi connectivity index (χ0v) is 11.5. The lowest BCUT2D eigenvalue weighted by atomic mass is 9.94. The minimum atomic E-state index is -0.282. The van der Waals surface area contributed by atoms with Gasteiger partial charge in [-0.05, 0) is 31.4 Å². The summed E-state index contributed by atoms with van der Waals surface area (Å²) in [5.74, 6) is 1.00. The molecule has 0 radical (unpaired) electrons. The maximum Gasteiger partial charge on any atom is 0.124 e. The molecule has 1 N–H and O–H groups in total. The van der Waals surface area contributed by atoms with E-state index in [-0.39, 0.29) is 6.10 Å². The van der Waals surface area contributed by atoms with Gasteiger partial charge in [0.15, 0.2) is 0 Å². The van der Waals surface area contributed by atoms with Crippen LogP contribution in [0, 0.1) is 0 Å². The highest BCUT2D eigenvalue weighted by Crippen LogP contribution is 2.39. The molecule has 4 rings (SSSR count). The quantitative estimate of drug-likeness (QED) is 0.862. The van der Waals surface area contributed by atoms with Crippen molar-refractivity contribution in [1.29, 1.82) is 0 Å². The zero-order chi connectivity index (χ0) is 13.5. The number of ether oxygens (including phenoxy) is 1. The van der Waals surface area contributed by atoms with Crippen LogP contribution in [-0.4, -0.2) is 16.3 Å². The van der Waals surface area contributed by atoms with Crippen molar-refractivity contribution in [1.82, 2.24) is 4.57 Å². The summed E-state index contributed by atoms with van der Waals surface area (Å²) in [6, 6.07) is 10.7. The SMILES string of the molecule is OC1CCCc2c1ccn2C1CCOc2ccccc21. The molecule has 104 valence electrons. The van der Waals surface area contributed by atoms with Crippen LogP contribution < -0.4 is 4.74 Å². The summed E-state index contributed by atoms with van der Waals surface area (Å²) < 4.78 is 8.11. The first-order valence-corrected chi connectivity index (χ1v) is 7.44. The molecule has 0 amide bonds. The molecule has 0 saturated heterocycles. The minimum absolute atomic E-state index is 0.282. The van der Waals surface area contributed by atoms with Gasteiger partial charge in [0.2, 0.25) is 0 Å². The van der Waals surface area contributed by atoms with Crippen molar-refractivity contribution < 1.29 is 9.84 Å². The van der Waals surface area contributed by atoms with Crippen molar-refractivity contribution in [3.8, 4) is 5.75 Å². The molecular formula is C17H19NO2. The van der Waals surface area contributed by atoms with E-state index in [1.54, 1.807) is 0 Å². The lowest BCUT2D eigenvalue weighted by Crippen LogP contribution is -2.22. The van der Waals surface area contributed by atoms with Crippen molar-refractivity contribution in [2.75, 3.05) is 6.61 Å². The second-order valence-corrected chi connectivity index (χ2v) is 5.72. The Morgan fingerprint density at radius 1 is 1.10 bits per heavy atom. The van der Waals surface area contributed by atoms with Crippen molar-refractivity contribution >= 4 is 0 Å². The van der Waals surface area contributed by atoms with Crippen molar-refractivity contribution in [2.24, 2.45) is 0 Å². The summed E-state index contributed by atoms with van der Waals surface area (Å²) in [6.45, 7) is 0.761. The van der Waals surface area contributed by atoms with E-state index in [1.807, 2.05) is 12.1 Å². The van der Waals surface area contributed by atoms with Crippen LogP contribution in [-0.2, 0) is 6.42 Å². The topological polar surface area (TPSA) is 34.4 Å². The van der Waals surface area contributed by atoms with E-state index in [0.717, 1.165) is 43.6 Å². The third-order valence-corrected chi connectivity index (χ3v) is 4.57. The summed E-state index contributed by atoms with van der Waals surface area (Å²) in [5, 5.41) is 10.1. The highest BCUT2D eigenvalue weighted by atomic mass is 16.5. The van der Waals surface area contributed by atoms with Crippen LogP contribution in [0.25, 0.3) is 0 Å². The van der Waals surface area contributed by atoms with Gasteiger partial charge in [-0.3, -0.25) is 0 Å². The van der Waals surface area contributed by atoms with Gasteiger partial charge in [0.1, 0.15) is 5.75 Å². The summed E-state index contributed by atoms with van der Waals surface area (Å²) >= 11 is 0. The molecular weight excluding hydrogens is 250 g/mol. The van der Waals surface area contributed by atoms with Crippen molar-refractivity contribution in [3.05, 3.63) is 53.3 Å². The number of aliphatic hydroxyl groups is 1. The van der Waals surface area contributed by atoms with E-state index in [4.69, 9.17) is 4.74 Å². The predicted molar refractivity (Wildman–Crippen MR) is 77.0 cm³/mol. The monoisotopic (exact) mass is 269 g/mol. The molecule has 20 heavy (non-hydrogen) atoms. The van der Waals surface area contributed by atoms with E-state index in [2.05, 4.69) is 29.0 Å². The largest absolute Gasteiger partial charge is 0.493 e. The number of fused-ring (bicyclic) bond motifs is 2. The van der Waals surface area contributed by atoms with Gasteiger partial charge in [-0.15, -0.1) is 0 Å². The van der Waals surface area contributed by atoms with Gasteiger partial charge >= 0.3 is 0 Å². The van der Waals surface area contributed by atoms with Gasteiger partial charge in [-0.2, -0.15) is 0 Å². The normalized spacial score (nSPS) is 24.6. The Morgan fingerprint density at radius 3 is 2.95 bits per heavy atom. The van der Waals surface area contributed by atoms with Gasteiger partial charge in [0.05, 0.1) is 18.8 Å². The Hall–Kier alpha value is -1.74. The Balaban J connectivity index is 1.80. The third-order valence-electron chi connectivity index (χ3n) is 4.57. The molecule has 1 aromatic heterocycles. The van der Waals surface area contributed by atoms with Gasteiger partial charge in [-0.25, -0.2) is 0 Å². The second kappa shape index (κ2) is 4.67. The molecule has 1 aliphatic heterocycles. The Morgan fingerprint density at radius 2 is 2.00 bits per heavy atom. The molecule has 0 spiro atoms. The number of para-hydroxylation sites is 1. The lowest BCUT2D eigenvalue weighted by molar-refractivity contribution is 0.155. The summed E-state index contributed by atoms with van der Waals surface area (Å²) in [5.41, 5.74) is 3.70. The van der Waals surface area contributed by atoms with Crippen LogP contribution in [0.1, 0.15) is 48.2 Å². The molecule has 0 saturated carbocycles. The first-order chi connectivity index (χ1) is 9.84. The standard InChI is InChI=1S/C17H19NO2/c19-16-6-3-5-14-12(16)8-10-18(14)15-9-11-20-17-7-2-1-4-13(15)17/h1-2,4,7-8,10,15-16,19H,3,5-6,9,11H2. The molecule has 2 atom stereocenters. The van der Waals surface area contributed by atoms with E-state index < -0.39 is 0 Å². The molecule has 0 bridgehead atoms. The number of rotatable bonds is 1. The van der Waals surface area contributed by atoms with Crippen LogP contribution in [0.3, 0.4) is 0 Å². The number of hydrogen-bond acceptors (Lipinski definition) is 2. The van der Waals surface area contributed by atoms with Crippen LogP contribution >= 0.6 is 0 Å². The average Bonchev–Trinajstić information content (AvgIpc) is 2.92. The maximum atomic E-state index is 10.1. The van der Waals surface area contributed by atoms with Crippen LogP contribution in [0.15, 0.2) is 36.5 Å². The fourth-order valence-corrected chi connectivity index (χ4v) is 3.60. The predicted octanol–water partition coefficient (Wildman–Crippen LogP) is 3.23. The Bertz CT molecular complexity index is 632. The molecule has 2 aliphatic rings. The number of nitrogens with zero attached hydrogens (tertiary/aromatic N) is 1. The molecule has 2 heterocycles. The average molecular weight is 269 g/mol. The molecule has 1 aliphatic carbocycles. The minimum Gasteiger partial charge on any atom is -0.493 e. The number of hydrogen-bond donors (Lipinski definition) is 1. The Labute approximate surface area is 118 Å². The molecule has 1 aromatic carbocycles. The number of benzene rings is 1. The molecule has 3 nitrogen and oxygen atoms in total. The third kappa shape index (κ3) is 1.77. The fraction of sp³-hybridized carbons (Fsp3) is 0.412. The highest BCUT2D eigenvalue weighted by molar-refractivity contribution is 5.39. The first kappa shape index (κ1) is 12.0. The van der Waals surface area contributed by atoms with Crippen LogP contribution in [0.5, 0.6) is 5.75 Å².